The van der Waals surface area contributed by atoms with Gasteiger partial charge in [-0.05, 0) is 17.7 Å². The van der Waals surface area contributed by atoms with Crippen LogP contribution in [0.2, 0.25) is 5.02 Å². The van der Waals surface area contributed by atoms with Crippen LogP contribution in [0.4, 0.5) is 18.9 Å². The molecule has 0 saturated heterocycles. The van der Waals surface area contributed by atoms with Crippen molar-refractivity contribution in [2.24, 2.45) is 0 Å². The van der Waals surface area contributed by atoms with E-state index in [2.05, 4.69) is 5.32 Å². The summed E-state index contributed by atoms with van der Waals surface area (Å²) in [5.41, 5.74) is 0.248. The molecule has 2 aromatic carbocycles. The van der Waals surface area contributed by atoms with Gasteiger partial charge in [-0.25, -0.2) is 13.2 Å². The first-order valence-electron chi connectivity index (χ1n) is 6.01. The van der Waals surface area contributed by atoms with Crippen molar-refractivity contribution < 1.29 is 22.6 Å². The molecular weight excluding hydrogens is 307 g/mol. The summed E-state index contributed by atoms with van der Waals surface area (Å²) >= 11 is 6.01. The number of fused-ring (bicyclic) bond motifs is 1. The zero-order valence-electron chi connectivity index (χ0n) is 10.6. The first kappa shape index (κ1) is 13.9. The first-order chi connectivity index (χ1) is 10.0. The number of halogens is 4. The van der Waals surface area contributed by atoms with Gasteiger partial charge in [0.05, 0.1) is 5.02 Å². The van der Waals surface area contributed by atoms with E-state index in [-0.39, 0.29) is 13.3 Å². The van der Waals surface area contributed by atoms with Crippen LogP contribution in [-0.4, -0.2) is 6.79 Å². The summed E-state index contributed by atoms with van der Waals surface area (Å²) < 4.78 is 50.2. The molecule has 0 amide bonds. The Morgan fingerprint density at radius 2 is 1.76 bits per heavy atom. The zero-order valence-corrected chi connectivity index (χ0v) is 11.3. The molecule has 2 aromatic rings. The average Bonchev–Trinajstić information content (AvgIpc) is 2.86. The molecule has 1 heterocycles. The molecule has 3 rings (SSSR count). The molecule has 3 nitrogen and oxygen atoms in total. The van der Waals surface area contributed by atoms with E-state index >= 15 is 0 Å². The average molecular weight is 316 g/mol. The van der Waals surface area contributed by atoms with E-state index in [1.807, 2.05) is 0 Å². The van der Waals surface area contributed by atoms with E-state index in [1.165, 1.54) is 0 Å². The highest BCUT2D eigenvalue weighted by Crippen LogP contribution is 2.40. The highest BCUT2D eigenvalue weighted by Gasteiger charge is 2.18. The number of nitrogens with one attached hydrogen (secondary N) is 1. The number of hydrogen-bond acceptors (Lipinski definition) is 3. The van der Waals surface area contributed by atoms with Gasteiger partial charge in [0.15, 0.2) is 23.1 Å². The summed E-state index contributed by atoms with van der Waals surface area (Å²) in [6.45, 7) is 0.170. The van der Waals surface area contributed by atoms with Crippen LogP contribution >= 0.6 is 11.6 Å². The lowest BCUT2D eigenvalue weighted by atomic mass is 10.2. The normalized spacial score (nSPS) is 12.6. The molecule has 0 fully saturated rings. The van der Waals surface area contributed by atoms with Gasteiger partial charge in [-0.15, -0.1) is 0 Å². The van der Waals surface area contributed by atoms with E-state index in [0.717, 1.165) is 0 Å². The Labute approximate surface area is 123 Å². The Morgan fingerprint density at radius 3 is 2.48 bits per heavy atom. The van der Waals surface area contributed by atoms with Crippen molar-refractivity contribution in [2.75, 3.05) is 12.1 Å². The van der Waals surface area contributed by atoms with E-state index in [0.29, 0.717) is 34.2 Å². The van der Waals surface area contributed by atoms with Gasteiger partial charge in [-0.3, -0.25) is 0 Å². The van der Waals surface area contributed by atoms with E-state index in [1.54, 1.807) is 12.1 Å². The lowest BCUT2D eigenvalue weighted by Gasteiger charge is -2.10. The molecule has 0 unspecified atom stereocenters. The number of ether oxygens (including phenoxy) is 2. The second-order valence-corrected chi connectivity index (χ2v) is 4.82. The number of anilines is 1. The van der Waals surface area contributed by atoms with Crippen molar-refractivity contribution >= 4 is 17.3 Å². The minimum Gasteiger partial charge on any atom is -0.454 e. The Kier molecular flexibility index (Phi) is 3.55. The molecule has 0 atom stereocenters. The summed E-state index contributed by atoms with van der Waals surface area (Å²) in [5.74, 6) is -2.06. The smallest absolute Gasteiger partial charge is 0.231 e. The highest BCUT2D eigenvalue weighted by molar-refractivity contribution is 6.32. The van der Waals surface area contributed by atoms with Crippen LogP contribution in [0.1, 0.15) is 5.56 Å². The van der Waals surface area contributed by atoms with Gasteiger partial charge >= 0.3 is 0 Å². The first-order valence-corrected chi connectivity index (χ1v) is 6.39. The number of rotatable bonds is 3. The van der Waals surface area contributed by atoms with Crippen LogP contribution in [0.3, 0.4) is 0 Å². The van der Waals surface area contributed by atoms with Crippen LogP contribution in [0.25, 0.3) is 0 Å². The minimum atomic E-state index is -1.00. The topological polar surface area (TPSA) is 30.5 Å². The van der Waals surface area contributed by atoms with E-state index in [4.69, 9.17) is 21.1 Å². The Bertz CT molecular complexity index is 686. The van der Waals surface area contributed by atoms with Crippen LogP contribution in [0.5, 0.6) is 11.5 Å². The Hall–Kier alpha value is -2.08. The Morgan fingerprint density at radius 1 is 1.05 bits per heavy atom. The number of benzene rings is 2. The van der Waals surface area contributed by atoms with Crippen LogP contribution in [0.15, 0.2) is 24.3 Å². The minimum absolute atomic E-state index is 0.0765. The molecule has 0 aromatic heterocycles. The van der Waals surface area contributed by atoms with Gasteiger partial charge in [0.2, 0.25) is 6.79 Å². The number of hydrogen-bond donors (Lipinski definition) is 1. The molecule has 1 aliphatic rings. The maximum absolute atomic E-state index is 13.5. The van der Waals surface area contributed by atoms with Gasteiger partial charge in [-0.1, -0.05) is 11.6 Å². The fourth-order valence-electron chi connectivity index (χ4n) is 2.02. The monoisotopic (exact) mass is 315 g/mol. The van der Waals surface area contributed by atoms with Crippen molar-refractivity contribution in [3.05, 3.63) is 52.3 Å². The zero-order chi connectivity index (χ0) is 15.0. The van der Waals surface area contributed by atoms with Crippen LogP contribution in [-0.2, 0) is 6.54 Å². The fourth-order valence-corrected chi connectivity index (χ4v) is 2.31. The lowest BCUT2D eigenvalue weighted by molar-refractivity contribution is 0.174. The molecule has 110 valence electrons. The van der Waals surface area contributed by atoms with Gasteiger partial charge in [0.1, 0.15) is 11.5 Å². The third-order valence-electron chi connectivity index (χ3n) is 2.96. The summed E-state index contributed by atoms with van der Waals surface area (Å²) in [7, 11) is 0. The SMILES string of the molecule is Fc1cc(F)c(NCc2cc(Cl)c3c(c2)OCO3)c(F)c1. The predicted molar refractivity (Wildman–Crippen MR) is 71.2 cm³/mol. The maximum Gasteiger partial charge on any atom is 0.231 e. The second kappa shape index (κ2) is 5.37. The van der Waals surface area contributed by atoms with Gasteiger partial charge in [0, 0.05) is 18.7 Å². The van der Waals surface area contributed by atoms with Gasteiger partial charge < -0.3 is 14.8 Å². The standard InChI is InChI=1S/C14H9ClF3NO2/c15-9-1-7(2-12-14(9)21-6-20-12)5-19-13-10(17)3-8(16)4-11(13)18/h1-4,19H,5-6H2. The summed E-state index contributed by atoms with van der Waals surface area (Å²) in [6, 6.07) is 4.47. The molecule has 0 aliphatic carbocycles. The van der Waals surface area contributed by atoms with Gasteiger partial charge in [0.25, 0.3) is 0 Å². The second-order valence-electron chi connectivity index (χ2n) is 4.41. The lowest BCUT2D eigenvalue weighted by Crippen LogP contribution is -2.04. The van der Waals surface area contributed by atoms with Gasteiger partial charge in [-0.2, -0.15) is 0 Å². The molecule has 1 N–H and O–H groups in total. The molecule has 21 heavy (non-hydrogen) atoms. The van der Waals surface area contributed by atoms with Crippen molar-refractivity contribution in [3.63, 3.8) is 0 Å². The highest BCUT2D eigenvalue weighted by atomic mass is 35.5. The molecule has 7 heteroatoms. The van der Waals surface area contributed by atoms with Crippen LogP contribution in [0, 0.1) is 17.5 Å². The summed E-state index contributed by atoms with van der Waals surface area (Å²) in [6.07, 6.45) is 0. The molecular formula is C14H9ClF3NO2. The van der Waals surface area contributed by atoms with Crippen LogP contribution < -0.4 is 14.8 Å². The predicted octanol–water partition coefficient (Wildman–Crippen LogP) is 4.10. The third kappa shape index (κ3) is 2.71. The largest absolute Gasteiger partial charge is 0.454 e. The maximum atomic E-state index is 13.5. The molecule has 0 radical (unpaired) electrons. The molecule has 0 bridgehead atoms. The molecule has 0 saturated carbocycles. The molecule has 0 spiro atoms. The van der Waals surface area contributed by atoms with E-state index < -0.39 is 23.1 Å². The summed E-state index contributed by atoms with van der Waals surface area (Å²) in [4.78, 5) is 0. The Balaban J connectivity index is 1.81. The quantitative estimate of drug-likeness (QED) is 0.925. The molecule has 1 aliphatic heterocycles. The van der Waals surface area contributed by atoms with Crippen molar-refractivity contribution in [1.29, 1.82) is 0 Å². The van der Waals surface area contributed by atoms with E-state index in [9.17, 15) is 13.2 Å². The third-order valence-corrected chi connectivity index (χ3v) is 3.24. The van der Waals surface area contributed by atoms with Crippen molar-refractivity contribution in [2.45, 2.75) is 6.54 Å². The van der Waals surface area contributed by atoms with Crippen molar-refractivity contribution in [1.82, 2.24) is 0 Å². The summed E-state index contributed by atoms with van der Waals surface area (Å²) in [5, 5.41) is 2.92. The fraction of sp³-hybridized carbons (Fsp3) is 0.143. The van der Waals surface area contributed by atoms with Crippen molar-refractivity contribution in [3.8, 4) is 11.5 Å².